The van der Waals surface area contributed by atoms with E-state index in [1.807, 2.05) is 6.92 Å². The van der Waals surface area contributed by atoms with Crippen LogP contribution < -0.4 is 0 Å². The molecule has 2 heteroatoms. The van der Waals surface area contributed by atoms with E-state index >= 15 is 0 Å². The maximum absolute atomic E-state index is 11.8. The third kappa shape index (κ3) is 6.14. The fourth-order valence-electron chi connectivity index (χ4n) is 1.66. The third-order valence-electron chi connectivity index (χ3n) is 2.99. The van der Waals surface area contributed by atoms with Crippen LogP contribution in [0.25, 0.3) is 0 Å². The van der Waals surface area contributed by atoms with Crippen molar-refractivity contribution in [3.05, 3.63) is 0 Å². The quantitative estimate of drug-likeness (QED) is 0.615. The number of carbonyl (C=O) groups is 1. The molecule has 0 rings (SSSR count). The third-order valence-corrected chi connectivity index (χ3v) is 2.99. The van der Waals surface area contributed by atoms with Crippen LogP contribution >= 0.6 is 0 Å². The average Bonchev–Trinajstić information content (AvgIpc) is 2.21. The van der Waals surface area contributed by atoms with Gasteiger partial charge in [0.25, 0.3) is 0 Å². The number of ether oxygens (including phenoxy) is 1. The second kappa shape index (κ2) is 7.70. The van der Waals surface area contributed by atoms with Crippen molar-refractivity contribution in [3.63, 3.8) is 0 Å². The van der Waals surface area contributed by atoms with E-state index in [4.69, 9.17) is 4.74 Å². The molecule has 0 bridgehead atoms. The van der Waals surface area contributed by atoms with Gasteiger partial charge >= 0.3 is 5.97 Å². The van der Waals surface area contributed by atoms with E-state index < -0.39 is 0 Å². The molecule has 0 fully saturated rings. The molecule has 0 aliphatic heterocycles. The first-order chi connectivity index (χ1) is 7.38. The van der Waals surface area contributed by atoms with Gasteiger partial charge < -0.3 is 4.74 Å². The highest BCUT2D eigenvalue weighted by atomic mass is 16.5. The molecule has 0 N–H and O–H groups in total. The molecular formula is C14H28O2. The summed E-state index contributed by atoms with van der Waals surface area (Å²) >= 11 is 0. The van der Waals surface area contributed by atoms with Crippen molar-refractivity contribution in [2.45, 2.75) is 66.9 Å². The number of hydrogen-bond donors (Lipinski definition) is 0. The molecule has 96 valence electrons. The highest BCUT2D eigenvalue weighted by molar-refractivity contribution is 5.72. The van der Waals surface area contributed by atoms with Crippen molar-refractivity contribution < 1.29 is 9.53 Å². The van der Waals surface area contributed by atoms with Gasteiger partial charge in [-0.25, -0.2) is 0 Å². The van der Waals surface area contributed by atoms with Crippen molar-refractivity contribution in [3.8, 4) is 0 Å². The van der Waals surface area contributed by atoms with Crippen molar-refractivity contribution in [2.75, 3.05) is 0 Å². The Morgan fingerprint density at radius 1 is 1.06 bits per heavy atom. The van der Waals surface area contributed by atoms with Gasteiger partial charge in [0, 0.05) is 0 Å². The van der Waals surface area contributed by atoms with Crippen LogP contribution in [0.2, 0.25) is 0 Å². The van der Waals surface area contributed by atoms with E-state index in [2.05, 4.69) is 34.6 Å². The van der Waals surface area contributed by atoms with E-state index in [9.17, 15) is 4.79 Å². The summed E-state index contributed by atoms with van der Waals surface area (Å²) in [5.41, 5.74) is 0. The maximum Gasteiger partial charge on any atom is 0.308 e. The SMILES string of the molecule is CCC(OC(=O)C(C)CCC(C)C)C(C)C. The molecule has 0 saturated carbocycles. The molecular weight excluding hydrogens is 200 g/mol. The average molecular weight is 228 g/mol. The zero-order valence-electron chi connectivity index (χ0n) is 11.7. The number of hydrogen-bond acceptors (Lipinski definition) is 2. The summed E-state index contributed by atoms with van der Waals surface area (Å²) in [4.78, 5) is 11.8. The van der Waals surface area contributed by atoms with Gasteiger partial charge in [-0.1, -0.05) is 48.0 Å². The van der Waals surface area contributed by atoms with Crippen molar-refractivity contribution in [1.29, 1.82) is 0 Å². The second-order valence-corrected chi connectivity index (χ2v) is 5.50. The van der Waals surface area contributed by atoms with Crippen molar-refractivity contribution >= 4 is 5.97 Å². The van der Waals surface area contributed by atoms with Crippen molar-refractivity contribution in [2.24, 2.45) is 17.8 Å². The number of carbonyl (C=O) groups excluding carboxylic acids is 1. The van der Waals surface area contributed by atoms with E-state index in [0.717, 1.165) is 19.3 Å². The van der Waals surface area contributed by atoms with E-state index in [0.29, 0.717) is 11.8 Å². The molecule has 0 aliphatic carbocycles. The molecule has 16 heavy (non-hydrogen) atoms. The number of rotatable bonds is 7. The van der Waals surface area contributed by atoms with E-state index in [1.165, 1.54) is 0 Å². The molecule has 0 aromatic rings. The Morgan fingerprint density at radius 3 is 2.00 bits per heavy atom. The fourth-order valence-corrected chi connectivity index (χ4v) is 1.66. The minimum absolute atomic E-state index is 0.0267. The van der Waals surface area contributed by atoms with Gasteiger partial charge in [-0.15, -0.1) is 0 Å². The standard InChI is InChI=1S/C14H28O2/c1-7-13(11(4)5)16-14(15)12(6)9-8-10(2)3/h10-13H,7-9H2,1-6H3. The Bertz CT molecular complexity index is 197. The first kappa shape index (κ1) is 15.5. The van der Waals surface area contributed by atoms with Gasteiger partial charge in [0.1, 0.15) is 6.10 Å². The van der Waals surface area contributed by atoms with E-state index in [1.54, 1.807) is 0 Å². The largest absolute Gasteiger partial charge is 0.462 e. The summed E-state index contributed by atoms with van der Waals surface area (Å²) < 4.78 is 5.52. The summed E-state index contributed by atoms with van der Waals surface area (Å²) in [6.07, 6.45) is 3.01. The second-order valence-electron chi connectivity index (χ2n) is 5.50. The lowest BCUT2D eigenvalue weighted by Crippen LogP contribution is -2.26. The summed E-state index contributed by atoms with van der Waals surface area (Å²) in [5.74, 6) is 1.07. The molecule has 0 aliphatic rings. The van der Waals surface area contributed by atoms with Crippen LogP contribution in [-0.2, 0) is 9.53 Å². The Kier molecular flexibility index (Phi) is 7.44. The lowest BCUT2D eigenvalue weighted by molar-refractivity contribution is -0.156. The summed E-state index contributed by atoms with van der Waals surface area (Å²) in [6, 6.07) is 0. The normalized spacial score (nSPS) is 15.2. The lowest BCUT2D eigenvalue weighted by Gasteiger charge is -2.22. The predicted octanol–water partition coefficient (Wildman–Crippen LogP) is 4.04. The maximum atomic E-state index is 11.8. The van der Waals surface area contributed by atoms with Crippen LogP contribution in [0.15, 0.2) is 0 Å². The monoisotopic (exact) mass is 228 g/mol. The summed E-state index contributed by atoms with van der Waals surface area (Å²) in [7, 11) is 0. The van der Waals surface area contributed by atoms with Crippen LogP contribution in [0, 0.1) is 17.8 Å². The Balaban J connectivity index is 4.03. The van der Waals surface area contributed by atoms with Crippen LogP contribution in [-0.4, -0.2) is 12.1 Å². The number of esters is 1. The smallest absolute Gasteiger partial charge is 0.308 e. The predicted molar refractivity (Wildman–Crippen MR) is 68.2 cm³/mol. The topological polar surface area (TPSA) is 26.3 Å². The molecule has 0 radical (unpaired) electrons. The Labute approximate surface area is 101 Å². The zero-order valence-corrected chi connectivity index (χ0v) is 11.7. The van der Waals surface area contributed by atoms with Crippen molar-refractivity contribution in [1.82, 2.24) is 0 Å². The van der Waals surface area contributed by atoms with Crippen LogP contribution in [0.3, 0.4) is 0 Å². The Morgan fingerprint density at radius 2 is 1.62 bits per heavy atom. The van der Waals surface area contributed by atoms with Gasteiger partial charge in [0.2, 0.25) is 0 Å². The minimum Gasteiger partial charge on any atom is -0.462 e. The molecule has 0 heterocycles. The highest BCUT2D eigenvalue weighted by Crippen LogP contribution is 2.17. The van der Waals surface area contributed by atoms with Crippen LogP contribution in [0.5, 0.6) is 0 Å². The van der Waals surface area contributed by atoms with Gasteiger partial charge in [-0.3, -0.25) is 4.79 Å². The summed E-state index contributed by atoms with van der Waals surface area (Å²) in [6.45, 7) is 12.6. The molecule has 2 unspecified atom stereocenters. The molecule has 0 saturated heterocycles. The van der Waals surface area contributed by atoms with Gasteiger partial charge in [-0.05, 0) is 24.7 Å². The molecule has 0 amide bonds. The van der Waals surface area contributed by atoms with Gasteiger partial charge in [-0.2, -0.15) is 0 Å². The summed E-state index contributed by atoms with van der Waals surface area (Å²) in [5, 5.41) is 0. The molecule has 2 atom stereocenters. The molecule has 0 aromatic heterocycles. The van der Waals surface area contributed by atoms with Gasteiger partial charge in [0.05, 0.1) is 5.92 Å². The lowest BCUT2D eigenvalue weighted by atomic mass is 9.99. The minimum atomic E-state index is -0.0267. The van der Waals surface area contributed by atoms with E-state index in [-0.39, 0.29) is 18.0 Å². The molecule has 0 aromatic carbocycles. The molecule has 2 nitrogen and oxygen atoms in total. The van der Waals surface area contributed by atoms with Gasteiger partial charge in [0.15, 0.2) is 0 Å². The van der Waals surface area contributed by atoms with Crippen LogP contribution in [0.4, 0.5) is 0 Å². The zero-order chi connectivity index (χ0) is 12.7. The first-order valence-corrected chi connectivity index (χ1v) is 6.58. The fraction of sp³-hybridized carbons (Fsp3) is 0.929. The van der Waals surface area contributed by atoms with Crippen LogP contribution in [0.1, 0.15) is 60.8 Å². The first-order valence-electron chi connectivity index (χ1n) is 6.58. The highest BCUT2D eigenvalue weighted by Gasteiger charge is 2.20. The molecule has 0 spiro atoms. The Hall–Kier alpha value is -0.530.